The molecule has 4 unspecified atom stereocenters. The maximum atomic E-state index is 9.27. The number of aliphatic hydroxyl groups is 1. The molecule has 0 amide bonds. The van der Waals surface area contributed by atoms with Gasteiger partial charge >= 0.3 is 0 Å². The minimum absolute atomic E-state index is 0.204. The summed E-state index contributed by atoms with van der Waals surface area (Å²) in [5, 5.41) is 9.27. The molecule has 1 N–H and O–H groups in total. The molecule has 1 heterocycles. The summed E-state index contributed by atoms with van der Waals surface area (Å²) >= 11 is 0. The molecule has 1 aliphatic carbocycles. The SMILES string of the molecule is CC(O)CC1CC2CCCCC2O1. The standard InChI is InChI=1S/C11H20O2/c1-8(12)6-10-7-9-4-2-3-5-11(9)13-10/h8-12H,2-7H2,1H3. The molecule has 2 aliphatic rings. The monoisotopic (exact) mass is 184 g/mol. The van der Waals surface area contributed by atoms with Crippen molar-refractivity contribution in [3.8, 4) is 0 Å². The average Bonchev–Trinajstić information content (AvgIpc) is 2.44. The first-order valence-corrected chi connectivity index (χ1v) is 5.59. The third kappa shape index (κ3) is 2.23. The molecule has 13 heavy (non-hydrogen) atoms. The Morgan fingerprint density at radius 3 is 2.85 bits per heavy atom. The molecule has 1 aliphatic heterocycles. The topological polar surface area (TPSA) is 29.5 Å². The Morgan fingerprint density at radius 2 is 2.15 bits per heavy atom. The molecule has 0 bridgehead atoms. The van der Waals surface area contributed by atoms with Gasteiger partial charge in [-0.05, 0) is 38.5 Å². The van der Waals surface area contributed by atoms with E-state index in [0.717, 1.165) is 12.3 Å². The van der Waals surface area contributed by atoms with E-state index in [4.69, 9.17) is 4.74 Å². The Balaban J connectivity index is 1.84. The van der Waals surface area contributed by atoms with Crippen molar-refractivity contribution in [1.82, 2.24) is 0 Å². The lowest BCUT2D eigenvalue weighted by atomic mass is 9.85. The second-order valence-electron chi connectivity index (χ2n) is 4.66. The molecule has 1 saturated heterocycles. The summed E-state index contributed by atoms with van der Waals surface area (Å²) in [6, 6.07) is 0. The number of aliphatic hydroxyl groups excluding tert-OH is 1. The van der Waals surface area contributed by atoms with Gasteiger partial charge < -0.3 is 9.84 Å². The van der Waals surface area contributed by atoms with Crippen molar-refractivity contribution in [2.24, 2.45) is 5.92 Å². The summed E-state index contributed by atoms with van der Waals surface area (Å²) in [6.07, 6.45) is 8.00. The van der Waals surface area contributed by atoms with E-state index in [2.05, 4.69) is 0 Å². The van der Waals surface area contributed by atoms with Crippen molar-refractivity contribution in [2.45, 2.75) is 63.8 Å². The molecule has 4 atom stereocenters. The molecular weight excluding hydrogens is 164 g/mol. The number of rotatable bonds is 2. The van der Waals surface area contributed by atoms with Gasteiger partial charge in [-0.25, -0.2) is 0 Å². The lowest BCUT2D eigenvalue weighted by Crippen LogP contribution is -2.20. The lowest BCUT2D eigenvalue weighted by molar-refractivity contribution is -0.00144. The molecule has 76 valence electrons. The summed E-state index contributed by atoms with van der Waals surface area (Å²) < 4.78 is 5.92. The van der Waals surface area contributed by atoms with E-state index in [-0.39, 0.29) is 6.10 Å². The average molecular weight is 184 g/mol. The number of hydrogen-bond donors (Lipinski definition) is 1. The van der Waals surface area contributed by atoms with Crippen LogP contribution in [-0.2, 0) is 4.74 Å². The maximum Gasteiger partial charge on any atom is 0.0608 e. The Hall–Kier alpha value is -0.0800. The molecule has 2 nitrogen and oxygen atoms in total. The third-order valence-electron chi connectivity index (χ3n) is 3.38. The van der Waals surface area contributed by atoms with Gasteiger partial charge in [0.25, 0.3) is 0 Å². The van der Waals surface area contributed by atoms with Crippen LogP contribution in [0.4, 0.5) is 0 Å². The molecule has 0 aromatic carbocycles. The minimum Gasteiger partial charge on any atom is -0.393 e. The number of ether oxygens (including phenoxy) is 1. The Labute approximate surface area is 80.3 Å². The molecule has 2 fully saturated rings. The predicted octanol–water partition coefficient (Wildman–Crippen LogP) is 2.10. The fourth-order valence-corrected chi connectivity index (χ4v) is 2.80. The van der Waals surface area contributed by atoms with Gasteiger partial charge in [-0.2, -0.15) is 0 Å². The van der Waals surface area contributed by atoms with E-state index >= 15 is 0 Å². The maximum absolute atomic E-state index is 9.27. The molecule has 1 saturated carbocycles. The van der Waals surface area contributed by atoms with E-state index < -0.39 is 0 Å². The second-order valence-corrected chi connectivity index (χ2v) is 4.66. The quantitative estimate of drug-likeness (QED) is 0.712. The van der Waals surface area contributed by atoms with Crippen LogP contribution in [-0.4, -0.2) is 23.4 Å². The highest BCUT2D eigenvalue weighted by Gasteiger charge is 2.36. The fraction of sp³-hybridized carbons (Fsp3) is 1.00. The molecule has 2 rings (SSSR count). The third-order valence-corrected chi connectivity index (χ3v) is 3.38. The highest BCUT2D eigenvalue weighted by Crippen LogP contribution is 2.38. The van der Waals surface area contributed by atoms with Crippen LogP contribution >= 0.6 is 0 Å². The smallest absolute Gasteiger partial charge is 0.0608 e. The normalized spacial score (nSPS) is 41.5. The second kappa shape index (κ2) is 3.97. The molecule has 0 aromatic heterocycles. The van der Waals surface area contributed by atoms with Crippen LogP contribution in [0.2, 0.25) is 0 Å². The first-order chi connectivity index (χ1) is 6.25. The van der Waals surface area contributed by atoms with Crippen LogP contribution < -0.4 is 0 Å². The zero-order chi connectivity index (χ0) is 9.26. The Kier molecular flexibility index (Phi) is 2.89. The van der Waals surface area contributed by atoms with Gasteiger partial charge in [-0.15, -0.1) is 0 Å². The van der Waals surface area contributed by atoms with E-state index in [1.807, 2.05) is 6.92 Å². The Bertz CT molecular complexity index is 153. The van der Waals surface area contributed by atoms with Gasteiger partial charge in [-0.3, -0.25) is 0 Å². The van der Waals surface area contributed by atoms with Crippen molar-refractivity contribution >= 4 is 0 Å². The first-order valence-electron chi connectivity index (χ1n) is 5.59. The highest BCUT2D eigenvalue weighted by molar-refractivity contribution is 4.85. The number of hydrogen-bond acceptors (Lipinski definition) is 2. The van der Waals surface area contributed by atoms with Crippen molar-refractivity contribution in [1.29, 1.82) is 0 Å². The van der Waals surface area contributed by atoms with E-state index in [0.29, 0.717) is 12.2 Å². The summed E-state index contributed by atoms with van der Waals surface area (Å²) in [6.45, 7) is 1.85. The van der Waals surface area contributed by atoms with E-state index in [9.17, 15) is 5.11 Å². The van der Waals surface area contributed by atoms with Gasteiger partial charge in [-0.1, -0.05) is 12.8 Å². The van der Waals surface area contributed by atoms with Crippen LogP contribution in [0.25, 0.3) is 0 Å². The molecular formula is C11H20O2. The van der Waals surface area contributed by atoms with Crippen LogP contribution in [0, 0.1) is 5.92 Å². The summed E-state index contributed by atoms with van der Waals surface area (Å²) in [4.78, 5) is 0. The van der Waals surface area contributed by atoms with Gasteiger partial charge in [0.15, 0.2) is 0 Å². The van der Waals surface area contributed by atoms with Crippen LogP contribution in [0.5, 0.6) is 0 Å². The van der Waals surface area contributed by atoms with E-state index in [1.165, 1.54) is 32.1 Å². The van der Waals surface area contributed by atoms with Gasteiger partial charge in [0.05, 0.1) is 18.3 Å². The molecule has 0 aromatic rings. The fourth-order valence-electron chi connectivity index (χ4n) is 2.80. The lowest BCUT2D eigenvalue weighted by Gasteiger charge is -2.23. The van der Waals surface area contributed by atoms with Crippen LogP contribution in [0.15, 0.2) is 0 Å². The number of fused-ring (bicyclic) bond motifs is 1. The zero-order valence-electron chi connectivity index (χ0n) is 8.41. The van der Waals surface area contributed by atoms with E-state index in [1.54, 1.807) is 0 Å². The largest absolute Gasteiger partial charge is 0.393 e. The van der Waals surface area contributed by atoms with Gasteiger partial charge in [0.2, 0.25) is 0 Å². The van der Waals surface area contributed by atoms with Gasteiger partial charge in [0.1, 0.15) is 0 Å². The minimum atomic E-state index is -0.204. The van der Waals surface area contributed by atoms with Gasteiger partial charge in [0, 0.05) is 0 Å². The van der Waals surface area contributed by atoms with Crippen molar-refractivity contribution < 1.29 is 9.84 Å². The Morgan fingerprint density at radius 1 is 1.38 bits per heavy atom. The predicted molar refractivity (Wildman–Crippen MR) is 51.5 cm³/mol. The zero-order valence-corrected chi connectivity index (χ0v) is 8.41. The first kappa shape index (κ1) is 9.47. The molecule has 0 radical (unpaired) electrons. The molecule has 2 heteroatoms. The van der Waals surface area contributed by atoms with Crippen LogP contribution in [0.3, 0.4) is 0 Å². The van der Waals surface area contributed by atoms with Crippen molar-refractivity contribution in [3.63, 3.8) is 0 Å². The van der Waals surface area contributed by atoms with Crippen molar-refractivity contribution in [3.05, 3.63) is 0 Å². The summed E-state index contributed by atoms with van der Waals surface area (Å²) in [7, 11) is 0. The summed E-state index contributed by atoms with van der Waals surface area (Å²) in [5.74, 6) is 0.803. The summed E-state index contributed by atoms with van der Waals surface area (Å²) in [5.41, 5.74) is 0. The van der Waals surface area contributed by atoms with Crippen molar-refractivity contribution in [2.75, 3.05) is 0 Å². The highest BCUT2D eigenvalue weighted by atomic mass is 16.5. The van der Waals surface area contributed by atoms with Crippen LogP contribution in [0.1, 0.15) is 45.4 Å². The molecule has 0 spiro atoms.